The Morgan fingerprint density at radius 3 is 1.90 bits per heavy atom. The predicted molar refractivity (Wildman–Crippen MR) is 120 cm³/mol. The van der Waals surface area contributed by atoms with Crippen LogP contribution in [0.2, 0.25) is 0 Å². The molecular formula is C25H48O4. The normalized spacial score (nSPS) is 21.6. The van der Waals surface area contributed by atoms with E-state index in [0.29, 0.717) is 26.1 Å². The maximum atomic E-state index is 11.5. The highest BCUT2D eigenvalue weighted by molar-refractivity contribution is 5.69. The van der Waals surface area contributed by atoms with E-state index in [4.69, 9.17) is 14.2 Å². The fourth-order valence-corrected chi connectivity index (χ4v) is 4.09. The lowest BCUT2D eigenvalue weighted by atomic mass is 10.0. The molecule has 0 aromatic rings. The van der Waals surface area contributed by atoms with Gasteiger partial charge in [-0.2, -0.15) is 0 Å². The fraction of sp³-hybridized carbons (Fsp3) is 0.960. The van der Waals surface area contributed by atoms with Crippen molar-refractivity contribution in [2.24, 2.45) is 0 Å². The van der Waals surface area contributed by atoms with Crippen LogP contribution in [-0.2, 0) is 19.0 Å². The molecular weight excluding hydrogens is 364 g/mol. The molecule has 2 unspecified atom stereocenters. The Kier molecular flexibility index (Phi) is 15.6. The number of ether oxygens (including phenoxy) is 3. The quantitative estimate of drug-likeness (QED) is 0.164. The Bertz CT molecular complexity index is 398. The highest BCUT2D eigenvalue weighted by Crippen LogP contribution is 2.30. The summed E-state index contributed by atoms with van der Waals surface area (Å²) in [6.45, 7) is 7.13. The predicted octanol–water partition coefficient (Wildman–Crippen LogP) is 7.33. The first-order valence-corrected chi connectivity index (χ1v) is 12.6. The molecule has 29 heavy (non-hydrogen) atoms. The van der Waals surface area contributed by atoms with Gasteiger partial charge in [0.2, 0.25) is 0 Å². The minimum atomic E-state index is -0.618. The maximum Gasteiger partial charge on any atom is 0.305 e. The fourth-order valence-electron chi connectivity index (χ4n) is 4.09. The van der Waals surface area contributed by atoms with Crippen molar-refractivity contribution in [2.45, 2.75) is 142 Å². The van der Waals surface area contributed by atoms with Crippen molar-refractivity contribution in [1.82, 2.24) is 0 Å². The van der Waals surface area contributed by atoms with Crippen LogP contribution in [0.25, 0.3) is 0 Å². The van der Waals surface area contributed by atoms with Gasteiger partial charge in [0, 0.05) is 6.42 Å². The molecule has 0 N–H and O–H groups in total. The number of esters is 1. The molecule has 2 atom stereocenters. The van der Waals surface area contributed by atoms with Gasteiger partial charge in [0.15, 0.2) is 5.79 Å². The zero-order valence-corrected chi connectivity index (χ0v) is 19.6. The van der Waals surface area contributed by atoms with E-state index in [-0.39, 0.29) is 12.1 Å². The topological polar surface area (TPSA) is 44.8 Å². The van der Waals surface area contributed by atoms with Crippen LogP contribution in [0.3, 0.4) is 0 Å². The summed E-state index contributed by atoms with van der Waals surface area (Å²) >= 11 is 0. The highest BCUT2D eigenvalue weighted by atomic mass is 16.7. The molecule has 172 valence electrons. The van der Waals surface area contributed by atoms with Crippen LogP contribution >= 0.6 is 0 Å². The molecule has 4 nitrogen and oxygen atoms in total. The third kappa shape index (κ3) is 14.1. The maximum absolute atomic E-state index is 11.5. The number of carbonyl (C=O) groups is 1. The standard InChI is InChI=1S/C25H48O4/c1-4-6-7-8-9-10-11-12-13-14-15-16-17-18-19-23-22-28-25(3,29-23)21-20-24(26)27-5-2/h23H,4-22H2,1-3H3. The van der Waals surface area contributed by atoms with Crippen LogP contribution in [0, 0.1) is 0 Å². The van der Waals surface area contributed by atoms with Gasteiger partial charge in [0.1, 0.15) is 0 Å². The molecule has 1 aliphatic rings. The van der Waals surface area contributed by atoms with E-state index < -0.39 is 5.79 Å². The van der Waals surface area contributed by atoms with Crippen LogP contribution in [0.15, 0.2) is 0 Å². The molecule has 0 aromatic heterocycles. The molecule has 0 aromatic carbocycles. The summed E-state index contributed by atoms with van der Waals surface area (Å²) in [5, 5.41) is 0. The zero-order chi connectivity index (χ0) is 21.2. The molecule has 1 heterocycles. The molecule has 0 amide bonds. The number of unbranched alkanes of at least 4 members (excludes halogenated alkanes) is 13. The molecule has 4 heteroatoms. The number of carbonyl (C=O) groups excluding carboxylic acids is 1. The Hall–Kier alpha value is -0.610. The molecule has 1 fully saturated rings. The van der Waals surface area contributed by atoms with E-state index in [1.807, 2.05) is 13.8 Å². The minimum Gasteiger partial charge on any atom is -0.466 e. The van der Waals surface area contributed by atoms with E-state index in [9.17, 15) is 4.79 Å². The minimum absolute atomic E-state index is 0.170. The van der Waals surface area contributed by atoms with E-state index in [0.717, 1.165) is 6.42 Å². The van der Waals surface area contributed by atoms with Crippen molar-refractivity contribution in [3.63, 3.8) is 0 Å². The largest absolute Gasteiger partial charge is 0.466 e. The van der Waals surface area contributed by atoms with Crippen molar-refractivity contribution in [1.29, 1.82) is 0 Å². The smallest absolute Gasteiger partial charge is 0.305 e. The average molecular weight is 413 g/mol. The van der Waals surface area contributed by atoms with Gasteiger partial charge in [0.05, 0.1) is 25.7 Å². The summed E-state index contributed by atoms with van der Waals surface area (Å²) in [5.41, 5.74) is 0. The van der Waals surface area contributed by atoms with Crippen molar-refractivity contribution >= 4 is 5.97 Å². The molecule has 1 saturated heterocycles. The molecule has 0 aliphatic carbocycles. The van der Waals surface area contributed by atoms with Crippen molar-refractivity contribution in [2.75, 3.05) is 13.2 Å². The average Bonchev–Trinajstić information content (AvgIpc) is 3.08. The summed E-state index contributed by atoms with van der Waals surface area (Å²) in [4.78, 5) is 11.5. The van der Waals surface area contributed by atoms with Crippen molar-refractivity contribution in [3.05, 3.63) is 0 Å². The second kappa shape index (κ2) is 17.1. The summed E-state index contributed by atoms with van der Waals surface area (Å²) < 4.78 is 16.9. The van der Waals surface area contributed by atoms with Crippen LogP contribution in [0.5, 0.6) is 0 Å². The summed E-state index contributed by atoms with van der Waals surface area (Å²) in [6, 6.07) is 0. The highest BCUT2D eigenvalue weighted by Gasteiger charge is 2.37. The third-order valence-electron chi connectivity index (χ3n) is 5.96. The van der Waals surface area contributed by atoms with E-state index in [1.165, 1.54) is 89.9 Å². The lowest BCUT2D eigenvalue weighted by Crippen LogP contribution is -2.28. The van der Waals surface area contributed by atoms with Gasteiger partial charge in [-0.1, -0.05) is 96.8 Å². The number of hydrogen-bond acceptors (Lipinski definition) is 4. The van der Waals surface area contributed by atoms with Gasteiger partial charge in [-0.15, -0.1) is 0 Å². The first-order chi connectivity index (χ1) is 14.1. The Balaban J connectivity index is 1.88. The van der Waals surface area contributed by atoms with Crippen molar-refractivity contribution < 1.29 is 19.0 Å². The van der Waals surface area contributed by atoms with E-state index in [2.05, 4.69) is 6.92 Å². The van der Waals surface area contributed by atoms with Crippen LogP contribution in [0.4, 0.5) is 0 Å². The first kappa shape index (κ1) is 26.4. The SMILES string of the molecule is CCCCCCCCCCCCCCCCC1COC(C)(CCC(=O)OCC)O1. The molecule has 0 saturated carbocycles. The molecule has 0 bridgehead atoms. The lowest BCUT2D eigenvalue weighted by Gasteiger charge is -2.22. The van der Waals surface area contributed by atoms with Gasteiger partial charge in [0.25, 0.3) is 0 Å². The first-order valence-electron chi connectivity index (χ1n) is 12.6. The summed E-state index contributed by atoms with van der Waals surface area (Å²) in [6.07, 6.45) is 21.5. The summed E-state index contributed by atoms with van der Waals surface area (Å²) in [5.74, 6) is -0.788. The molecule has 0 spiro atoms. The second-order valence-corrected chi connectivity index (χ2v) is 8.87. The van der Waals surface area contributed by atoms with Gasteiger partial charge in [-0.3, -0.25) is 4.79 Å². The number of hydrogen-bond donors (Lipinski definition) is 0. The van der Waals surface area contributed by atoms with Crippen LogP contribution in [-0.4, -0.2) is 31.1 Å². The van der Waals surface area contributed by atoms with Gasteiger partial charge in [-0.05, 0) is 20.3 Å². The Morgan fingerprint density at radius 2 is 1.38 bits per heavy atom. The zero-order valence-electron chi connectivity index (χ0n) is 19.6. The van der Waals surface area contributed by atoms with Crippen molar-refractivity contribution in [3.8, 4) is 0 Å². The second-order valence-electron chi connectivity index (χ2n) is 8.87. The number of rotatable bonds is 19. The Labute approximate surface area is 180 Å². The molecule has 1 aliphatic heterocycles. The molecule has 1 rings (SSSR count). The van der Waals surface area contributed by atoms with Gasteiger partial charge in [-0.25, -0.2) is 0 Å². The summed E-state index contributed by atoms with van der Waals surface area (Å²) in [7, 11) is 0. The molecule has 0 radical (unpaired) electrons. The monoisotopic (exact) mass is 412 g/mol. The van der Waals surface area contributed by atoms with E-state index >= 15 is 0 Å². The van der Waals surface area contributed by atoms with Crippen LogP contribution < -0.4 is 0 Å². The third-order valence-corrected chi connectivity index (χ3v) is 5.96. The Morgan fingerprint density at radius 1 is 0.862 bits per heavy atom. The lowest BCUT2D eigenvalue weighted by molar-refractivity contribution is -0.168. The van der Waals surface area contributed by atoms with E-state index in [1.54, 1.807) is 0 Å². The van der Waals surface area contributed by atoms with Gasteiger partial charge >= 0.3 is 5.97 Å². The van der Waals surface area contributed by atoms with Crippen LogP contribution in [0.1, 0.15) is 130 Å². The van der Waals surface area contributed by atoms with Gasteiger partial charge < -0.3 is 14.2 Å².